The quantitative estimate of drug-likeness (QED) is 0.670. The number of hydrogen-bond donors (Lipinski definition) is 2. The van der Waals surface area contributed by atoms with Crippen LogP contribution >= 0.6 is 0 Å². The Bertz CT molecular complexity index is 254. The minimum absolute atomic E-state index is 0.766. The molecule has 0 saturated carbocycles. The van der Waals surface area contributed by atoms with Crippen LogP contribution in [-0.4, -0.2) is 13.1 Å². The maximum Gasteiger partial charge on any atom is 0.0205 e. The predicted octanol–water partition coefficient (Wildman–Crippen LogP) is 2.08. The first-order valence-corrected chi connectivity index (χ1v) is 5.85. The van der Waals surface area contributed by atoms with E-state index in [1.54, 1.807) is 0 Å². The van der Waals surface area contributed by atoms with E-state index >= 15 is 0 Å². The third-order valence-electron chi connectivity index (χ3n) is 2.45. The van der Waals surface area contributed by atoms with Crippen LogP contribution in [0.5, 0.6) is 0 Å². The Hall–Kier alpha value is -0.860. The summed E-state index contributed by atoms with van der Waals surface area (Å²) in [6.07, 6.45) is 3.45. The lowest BCUT2D eigenvalue weighted by atomic mass is 10.1. The fourth-order valence-electron chi connectivity index (χ4n) is 1.57. The molecule has 0 bridgehead atoms. The van der Waals surface area contributed by atoms with E-state index in [4.69, 9.17) is 5.73 Å². The van der Waals surface area contributed by atoms with Crippen molar-refractivity contribution in [1.82, 2.24) is 5.32 Å². The minimum atomic E-state index is 0.766. The second-order valence-corrected chi connectivity index (χ2v) is 3.89. The van der Waals surface area contributed by atoms with Gasteiger partial charge in [0.15, 0.2) is 0 Å². The van der Waals surface area contributed by atoms with Crippen LogP contribution in [0.3, 0.4) is 0 Å². The molecule has 1 aromatic carbocycles. The number of hydrogen-bond acceptors (Lipinski definition) is 2. The normalized spacial score (nSPS) is 10.5. The molecule has 0 unspecified atom stereocenters. The maximum atomic E-state index is 5.42. The van der Waals surface area contributed by atoms with Crippen LogP contribution < -0.4 is 11.1 Å². The molecular formula is C13H22N2. The third-order valence-corrected chi connectivity index (χ3v) is 2.45. The van der Waals surface area contributed by atoms with Crippen molar-refractivity contribution >= 4 is 0 Å². The summed E-state index contributed by atoms with van der Waals surface area (Å²) >= 11 is 0. The monoisotopic (exact) mass is 206 g/mol. The summed E-state index contributed by atoms with van der Waals surface area (Å²) in [6.45, 7) is 4.93. The van der Waals surface area contributed by atoms with Crippen molar-refractivity contribution in [2.45, 2.75) is 32.7 Å². The van der Waals surface area contributed by atoms with Gasteiger partial charge in [0, 0.05) is 6.54 Å². The van der Waals surface area contributed by atoms with Crippen LogP contribution in [0.25, 0.3) is 0 Å². The fourth-order valence-corrected chi connectivity index (χ4v) is 1.57. The number of nitrogens with two attached hydrogens (primary N) is 1. The van der Waals surface area contributed by atoms with Crippen LogP contribution in [0.4, 0.5) is 0 Å². The number of nitrogens with one attached hydrogen (secondary N) is 1. The minimum Gasteiger partial charge on any atom is -0.330 e. The van der Waals surface area contributed by atoms with E-state index in [9.17, 15) is 0 Å². The van der Waals surface area contributed by atoms with E-state index in [0.29, 0.717) is 0 Å². The summed E-state index contributed by atoms with van der Waals surface area (Å²) in [7, 11) is 0. The number of rotatable bonds is 7. The highest BCUT2D eigenvalue weighted by molar-refractivity contribution is 5.22. The average Bonchev–Trinajstić information content (AvgIpc) is 2.27. The zero-order chi connectivity index (χ0) is 10.9. The summed E-state index contributed by atoms with van der Waals surface area (Å²) in [5.74, 6) is 0. The van der Waals surface area contributed by atoms with E-state index in [2.05, 4.69) is 36.5 Å². The summed E-state index contributed by atoms with van der Waals surface area (Å²) in [6, 6.07) is 8.87. The van der Waals surface area contributed by atoms with Crippen LogP contribution in [0.2, 0.25) is 0 Å². The highest BCUT2D eigenvalue weighted by Gasteiger charge is 1.93. The van der Waals surface area contributed by atoms with Gasteiger partial charge in [-0.25, -0.2) is 0 Å². The molecule has 0 heterocycles. The molecule has 15 heavy (non-hydrogen) atoms. The lowest BCUT2D eigenvalue weighted by Gasteiger charge is -2.05. The van der Waals surface area contributed by atoms with Crippen LogP contribution in [0.15, 0.2) is 24.3 Å². The van der Waals surface area contributed by atoms with Gasteiger partial charge in [0.1, 0.15) is 0 Å². The van der Waals surface area contributed by atoms with Gasteiger partial charge in [-0.2, -0.15) is 0 Å². The Morgan fingerprint density at radius 1 is 1.13 bits per heavy atom. The zero-order valence-corrected chi connectivity index (χ0v) is 9.63. The fraction of sp³-hybridized carbons (Fsp3) is 0.538. The van der Waals surface area contributed by atoms with Gasteiger partial charge in [-0.3, -0.25) is 0 Å². The van der Waals surface area contributed by atoms with E-state index in [1.807, 2.05) is 0 Å². The van der Waals surface area contributed by atoms with Gasteiger partial charge in [-0.05, 0) is 37.1 Å². The van der Waals surface area contributed by atoms with Crippen molar-refractivity contribution in [3.05, 3.63) is 35.4 Å². The molecule has 2 heteroatoms. The van der Waals surface area contributed by atoms with Crippen LogP contribution in [-0.2, 0) is 13.0 Å². The summed E-state index contributed by atoms with van der Waals surface area (Å²) in [4.78, 5) is 0. The molecule has 0 aliphatic rings. The third kappa shape index (κ3) is 4.96. The van der Waals surface area contributed by atoms with Crippen LogP contribution in [0, 0.1) is 0 Å². The zero-order valence-electron chi connectivity index (χ0n) is 9.63. The first-order chi connectivity index (χ1) is 7.36. The summed E-state index contributed by atoms with van der Waals surface area (Å²) in [5.41, 5.74) is 8.21. The first-order valence-electron chi connectivity index (χ1n) is 5.85. The van der Waals surface area contributed by atoms with Crippen molar-refractivity contribution < 1.29 is 0 Å². The molecule has 0 aliphatic carbocycles. The first kappa shape index (κ1) is 12.2. The molecule has 1 aromatic rings. The molecule has 1 rings (SSSR count). The SMILES string of the molecule is CCCc1ccc(CNCCCN)cc1. The van der Waals surface area contributed by atoms with Gasteiger partial charge >= 0.3 is 0 Å². The topological polar surface area (TPSA) is 38.0 Å². The van der Waals surface area contributed by atoms with Crippen molar-refractivity contribution in [3.8, 4) is 0 Å². The van der Waals surface area contributed by atoms with E-state index in [0.717, 1.165) is 26.1 Å². The van der Waals surface area contributed by atoms with Crippen LogP contribution in [0.1, 0.15) is 30.9 Å². The Kier molecular flexibility index (Phi) is 6.05. The summed E-state index contributed by atoms with van der Waals surface area (Å²) < 4.78 is 0. The van der Waals surface area contributed by atoms with Crippen molar-refractivity contribution in [2.24, 2.45) is 5.73 Å². The molecule has 0 aliphatic heterocycles. The lowest BCUT2D eigenvalue weighted by molar-refractivity contribution is 0.655. The molecule has 0 atom stereocenters. The standard InChI is InChI=1S/C13H22N2/c1-2-4-12-5-7-13(8-6-12)11-15-10-3-9-14/h5-8,15H,2-4,9-11,14H2,1H3. The average molecular weight is 206 g/mol. The van der Waals surface area contributed by atoms with Crippen molar-refractivity contribution in [1.29, 1.82) is 0 Å². The van der Waals surface area contributed by atoms with Gasteiger partial charge in [0.2, 0.25) is 0 Å². The highest BCUT2D eigenvalue weighted by Crippen LogP contribution is 2.06. The molecule has 0 saturated heterocycles. The molecule has 3 N–H and O–H groups in total. The number of aryl methyl sites for hydroxylation is 1. The highest BCUT2D eigenvalue weighted by atomic mass is 14.8. The lowest BCUT2D eigenvalue weighted by Crippen LogP contribution is -2.17. The Morgan fingerprint density at radius 2 is 1.80 bits per heavy atom. The largest absolute Gasteiger partial charge is 0.330 e. The van der Waals surface area contributed by atoms with Crippen molar-refractivity contribution in [3.63, 3.8) is 0 Å². The molecular weight excluding hydrogens is 184 g/mol. The number of benzene rings is 1. The molecule has 2 nitrogen and oxygen atoms in total. The molecule has 84 valence electrons. The van der Waals surface area contributed by atoms with E-state index < -0.39 is 0 Å². The summed E-state index contributed by atoms with van der Waals surface area (Å²) in [5, 5.41) is 3.37. The van der Waals surface area contributed by atoms with Gasteiger partial charge < -0.3 is 11.1 Å². The molecule has 0 radical (unpaired) electrons. The van der Waals surface area contributed by atoms with Crippen molar-refractivity contribution in [2.75, 3.05) is 13.1 Å². The Labute approximate surface area is 92.9 Å². The Balaban J connectivity index is 2.29. The van der Waals surface area contributed by atoms with Gasteiger partial charge in [-0.15, -0.1) is 0 Å². The molecule has 0 aromatic heterocycles. The molecule has 0 fully saturated rings. The smallest absolute Gasteiger partial charge is 0.0205 e. The predicted molar refractivity (Wildman–Crippen MR) is 65.8 cm³/mol. The second-order valence-electron chi connectivity index (χ2n) is 3.89. The van der Waals surface area contributed by atoms with E-state index in [-0.39, 0.29) is 0 Å². The van der Waals surface area contributed by atoms with Gasteiger partial charge in [-0.1, -0.05) is 37.6 Å². The Morgan fingerprint density at radius 3 is 2.40 bits per heavy atom. The van der Waals surface area contributed by atoms with Gasteiger partial charge in [0.25, 0.3) is 0 Å². The molecule has 0 amide bonds. The molecule has 0 spiro atoms. The second kappa shape index (κ2) is 7.43. The van der Waals surface area contributed by atoms with Gasteiger partial charge in [0.05, 0.1) is 0 Å². The maximum absolute atomic E-state index is 5.42. The van der Waals surface area contributed by atoms with E-state index in [1.165, 1.54) is 24.0 Å².